The largest absolute Gasteiger partial charge is 0.389 e. The number of halogens is 4. The summed E-state index contributed by atoms with van der Waals surface area (Å²) in [5.74, 6) is -0.581. The molecular formula is C9H10BrF3N2O2S. The van der Waals surface area contributed by atoms with Crippen LogP contribution in [0.2, 0.25) is 0 Å². The van der Waals surface area contributed by atoms with E-state index in [1.54, 1.807) is 0 Å². The number of alkyl halides is 3. The van der Waals surface area contributed by atoms with Crippen LogP contribution in [0.3, 0.4) is 0 Å². The average Bonchev–Trinajstić information content (AvgIpc) is 2.18. The number of nitrogens with one attached hydrogen (secondary N) is 1. The second-order valence-corrected chi connectivity index (χ2v) is 6.16. The van der Waals surface area contributed by atoms with Crippen LogP contribution >= 0.6 is 15.9 Å². The zero-order valence-electron chi connectivity index (χ0n) is 9.04. The minimum absolute atomic E-state index is 0.213. The van der Waals surface area contributed by atoms with Crippen LogP contribution in [0.15, 0.2) is 22.9 Å². The summed E-state index contributed by atoms with van der Waals surface area (Å²) in [5, 5.41) is 0. The number of sulfonamides is 1. The van der Waals surface area contributed by atoms with Gasteiger partial charge in [0, 0.05) is 6.42 Å². The molecule has 0 amide bonds. The van der Waals surface area contributed by atoms with Crippen LogP contribution in [0.5, 0.6) is 0 Å². The summed E-state index contributed by atoms with van der Waals surface area (Å²) in [7, 11) is -3.78. The molecule has 0 saturated heterocycles. The van der Waals surface area contributed by atoms with Crippen molar-refractivity contribution in [3.8, 4) is 0 Å². The summed E-state index contributed by atoms with van der Waals surface area (Å²) in [6, 6.07) is 2.98. The Morgan fingerprint density at radius 3 is 2.50 bits per heavy atom. The Morgan fingerprint density at radius 1 is 1.33 bits per heavy atom. The quantitative estimate of drug-likeness (QED) is 0.834. The molecular weight excluding hydrogens is 337 g/mol. The topological polar surface area (TPSA) is 59.1 Å². The van der Waals surface area contributed by atoms with E-state index in [-0.39, 0.29) is 5.69 Å². The number of nitrogens with zero attached hydrogens (tertiary/aromatic N) is 1. The number of rotatable bonds is 5. The highest BCUT2D eigenvalue weighted by Crippen LogP contribution is 2.22. The van der Waals surface area contributed by atoms with Gasteiger partial charge >= 0.3 is 6.18 Å². The molecule has 0 saturated carbocycles. The molecule has 0 spiro atoms. The molecule has 1 N–H and O–H groups in total. The minimum atomic E-state index is -4.34. The third-order valence-electron chi connectivity index (χ3n) is 1.87. The van der Waals surface area contributed by atoms with Gasteiger partial charge in [-0.3, -0.25) is 4.72 Å². The molecule has 0 aliphatic heterocycles. The van der Waals surface area contributed by atoms with Crippen LogP contribution in [0.25, 0.3) is 0 Å². The lowest BCUT2D eigenvalue weighted by Gasteiger charge is -2.08. The Morgan fingerprint density at radius 2 is 2.00 bits per heavy atom. The molecule has 0 radical (unpaired) electrons. The lowest BCUT2D eigenvalue weighted by molar-refractivity contribution is -0.134. The minimum Gasteiger partial charge on any atom is -0.282 e. The van der Waals surface area contributed by atoms with Crippen molar-refractivity contribution in [3.05, 3.63) is 22.9 Å². The second-order valence-electron chi connectivity index (χ2n) is 3.51. The highest BCUT2D eigenvalue weighted by Gasteiger charge is 2.27. The van der Waals surface area contributed by atoms with E-state index >= 15 is 0 Å². The van der Waals surface area contributed by atoms with Crippen molar-refractivity contribution in [1.82, 2.24) is 4.98 Å². The molecule has 1 heterocycles. The lowest BCUT2D eigenvalue weighted by Crippen LogP contribution is -2.18. The summed E-state index contributed by atoms with van der Waals surface area (Å²) >= 11 is 3.08. The van der Waals surface area contributed by atoms with Crippen molar-refractivity contribution in [3.63, 3.8) is 0 Å². The van der Waals surface area contributed by atoms with Gasteiger partial charge in [-0.1, -0.05) is 0 Å². The van der Waals surface area contributed by atoms with Gasteiger partial charge < -0.3 is 0 Å². The Kier molecular flexibility index (Phi) is 4.97. The van der Waals surface area contributed by atoms with Crippen molar-refractivity contribution < 1.29 is 21.6 Å². The third kappa shape index (κ3) is 6.20. The summed E-state index contributed by atoms with van der Waals surface area (Å²) in [5.41, 5.74) is 0.213. The van der Waals surface area contributed by atoms with E-state index in [1.807, 2.05) is 0 Å². The van der Waals surface area contributed by atoms with Crippen molar-refractivity contribution >= 4 is 31.6 Å². The Labute approximate surface area is 111 Å². The van der Waals surface area contributed by atoms with E-state index in [0.29, 0.717) is 4.60 Å². The first-order valence-corrected chi connectivity index (χ1v) is 7.31. The predicted molar refractivity (Wildman–Crippen MR) is 64.6 cm³/mol. The summed E-state index contributed by atoms with van der Waals surface area (Å²) in [6.07, 6.45) is -4.66. The summed E-state index contributed by atoms with van der Waals surface area (Å²) in [4.78, 5) is 3.79. The number of hydrogen-bond acceptors (Lipinski definition) is 3. The fourth-order valence-electron chi connectivity index (χ4n) is 1.13. The van der Waals surface area contributed by atoms with Gasteiger partial charge in [0.25, 0.3) is 0 Å². The molecule has 0 aliphatic rings. The molecule has 0 unspecified atom stereocenters. The van der Waals surface area contributed by atoms with Gasteiger partial charge in [-0.15, -0.1) is 0 Å². The molecule has 0 bridgehead atoms. The molecule has 1 aromatic heterocycles. The highest BCUT2D eigenvalue weighted by atomic mass is 79.9. The predicted octanol–water partition coefficient (Wildman–Crippen LogP) is 2.93. The Balaban J connectivity index is 2.52. The van der Waals surface area contributed by atoms with Gasteiger partial charge in [-0.05, 0) is 34.5 Å². The number of hydrogen-bond donors (Lipinski definition) is 1. The number of anilines is 1. The standard InChI is InChI=1S/C9H10BrF3N2O2S/c10-8-3-2-7(6-14-8)15-18(16,17)5-1-4-9(11,12)13/h2-3,6,15H,1,4-5H2. The molecule has 4 nitrogen and oxygen atoms in total. The normalized spacial score (nSPS) is 12.4. The smallest absolute Gasteiger partial charge is 0.282 e. The van der Waals surface area contributed by atoms with Gasteiger partial charge in [-0.25, -0.2) is 13.4 Å². The molecule has 1 aromatic rings. The lowest BCUT2D eigenvalue weighted by atomic mass is 10.3. The van der Waals surface area contributed by atoms with Gasteiger partial charge in [0.1, 0.15) is 4.60 Å². The number of aromatic nitrogens is 1. The van der Waals surface area contributed by atoms with Crippen molar-refractivity contribution in [2.24, 2.45) is 0 Å². The Bertz CT molecular complexity index is 488. The van der Waals surface area contributed by atoms with E-state index < -0.39 is 34.8 Å². The van der Waals surface area contributed by atoms with Gasteiger partial charge in [0.05, 0.1) is 17.6 Å². The highest BCUT2D eigenvalue weighted by molar-refractivity contribution is 9.10. The summed E-state index contributed by atoms with van der Waals surface area (Å²) < 4.78 is 61.2. The molecule has 0 atom stereocenters. The number of pyridine rings is 1. The molecule has 18 heavy (non-hydrogen) atoms. The summed E-state index contributed by atoms with van der Waals surface area (Å²) in [6.45, 7) is 0. The maximum absolute atomic E-state index is 11.9. The van der Waals surface area contributed by atoms with E-state index in [9.17, 15) is 21.6 Å². The molecule has 102 valence electrons. The van der Waals surface area contributed by atoms with E-state index in [4.69, 9.17) is 0 Å². The molecule has 1 rings (SSSR count). The van der Waals surface area contributed by atoms with Gasteiger partial charge in [-0.2, -0.15) is 13.2 Å². The fraction of sp³-hybridized carbons (Fsp3) is 0.444. The first-order chi connectivity index (χ1) is 8.18. The van der Waals surface area contributed by atoms with Crippen LogP contribution in [-0.4, -0.2) is 25.3 Å². The maximum atomic E-state index is 11.9. The maximum Gasteiger partial charge on any atom is 0.389 e. The molecule has 0 aromatic carbocycles. The zero-order chi connectivity index (χ0) is 13.8. The average molecular weight is 347 g/mol. The molecule has 9 heteroatoms. The molecule has 0 aliphatic carbocycles. The van der Waals surface area contributed by atoms with Crippen LogP contribution in [0.1, 0.15) is 12.8 Å². The molecule has 0 fully saturated rings. The van der Waals surface area contributed by atoms with Gasteiger partial charge in [0.2, 0.25) is 10.0 Å². The van der Waals surface area contributed by atoms with Crippen molar-refractivity contribution in [2.45, 2.75) is 19.0 Å². The van der Waals surface area contributed by atoms with E-state index in [2.05, 4.69) is 25.6 Å². The van der Waals surface area contributed by atoms with E-state index in [0.717, 1.165) is 0 Å². The monoisotopic (exact) mass is 346 g/mol. The first-order valence-electron chi connectivity index (χ1n) is 4.87. The van der Waals surface area contributed by atoms with Crippen LogP contribution in [0.4, 0.5) is 18.9 Å². The van der Waals surface area contributed by atoms with Gasteiger partial charge in [0.15, 0.2) is 0 Å². The van der Waals surface area contributed by atoms with Crippen molar-refractivity contribution in [2.75, 3.05) is 10.5 Å². The fourth-order valence-corrected chi connectivity index (χ4v) is 2.47. The second kappa shape index (κ2) is 5.87. The van der Waals surface area contributed by atoms with Crippen molar-refractivity contribution in [1.29, 1.82) is 0 Å². The van der Waals surface area contributed by atoms with Crippen LogP contribution in [-0.2, 0) is 10.0 Å². The van der Waals surface area contributed by atoms with Crippen LogP contribution < -0.4 is 4.72 Å². The zero-order valence-corrected chi connectivity index (χ0v) is 11.4. The van der Waals surface area contributed by atoms with E-state index in [1.165, 1.54) is 18.3 Å². The first kappa shape index (κ1) is 15.2. The third-order valence-corrected chi connectivity index (χ3v) is 3.72. The SMILES string of the molecule is O=S(=O)(CCCC(F)(F)F)Nc1ccc(Br)nc1. The Hall–Kier alpha value is -0.830. The van der Waals surface area contributed by atoms with Crippen LogP contribution in [0, 0.1) is 0 Å².